The van der Waals surface area contributed by atoms with Crippen molar-refractivity contribution in [3.05, 3.63) is 69.3 Å². The second kappa shape index (κ2) is 10.1. The lowest BCUT2D eigenvalue weighted by molar-refractivity contribution is -0.385. The highest BCUT2D eigenvalue weighted by molar-refractivity contribution is 5.98. The van der Waals surface area contributed by atoms with Crippen LogP contribution >= 0.6 is 0 Å². The predicted molar refractivity (Wildman–Crippen MR) is 116 cm³/mol. The van der Waals surface area contributed by atoms with Gasteiger partial charge in [0.1, 0.15) is 11.8 Å². The van der Waals surface area contributed by atoms with Gasteiger partial charge in [-0.2, -0.15) is 0 Å². The summed E-state index contributed by atoms with van der Waals surface area (Å²) in [6.07, 6.45) is 2.00. The van der Waals surface area contributed by atoms with Crippen molar-refractivity contribution in [1.29, 1.82) is 0 Å². The predicted octanol–water partition coefficient (Wildman–Crippen LogP) is 3.40. The standard InChI is InChI=1S/C23H27N3O5/c1-16-6-3-7-19(14-16)31-13-5-11-24-22(27)21-8-4-12-25(21)23(28)18-9-10-20(26(29)30)17(2)15-18/h3,6-7,9-10,14-15,21H,4-5,8,11-13H2,1-2H3,(H,24,27). The molecule has 8 heteroatoms. The summed E-state index contributed by atoms with van der Waals surface area (Å²) in [5.41, 5.74) is 1.87. The molecule has 1 saturated heterocycles. The Morgan fingerprint density at radius 2 is 2.03 bits per heavy atom. The van der Waals surface area contributed by atoms with Gasteiger partial charge in [-0.05, 0) is 62.9 Å². The highest BCUT2D eigenvalue weighted by Crippen LogP contribution is 2.24. The molecule has 0 saturated carbocycles. The zero-order valence-electron chi connectivity index (χ0n) is 17.8. The van der Waals surface area contributed by atoms with Gasteiger partial charge in [0.15, 0.2) is 0 Å². The third-order valence-electron chi connectivity index (χ3n) is 5.34. The number of nitro groups is 1. The summed E-state index contributed by atoms with van der Waals surface area (Å²) >= 11 is 0. The molecule has 0 spiro atoms. The van der Waals surface area contributed by atoms with E-state index in [1.807, 2.05) is 31.2 Å². The van der Waals surface area contributed by atoms with Gasteiger partial charge < -0.3 is 15.0 Å². The number of ether oxygens (including phenoxy) is 1. The van der Waals surface area contributed by atoms with E-state index >= 15 is 0 Å². The van der Waals surface area contributed by atoms with E-state index in [1.54, 1.807) is 11.8 Å². The van der Waals surface area contributed by atoms with E-state index in [2.05, 4.69) is 5.32 Å². The summed E-state index contributed by atoms with van der Waals surface area (Å²) in [5, 5.41) is 13.9. The van der Waals surface area contributed by atoms with Gasteiger partial charge in [-0.25, -0.2) is 0 Å². The molecule has 1 atom stereocenters. The van der Waals surface area contributed by atoms with Crippen LogP contribution in [0.4, 0.5) is 5.69 Å². The molecule has 1 heterocycles. The van der Waals surface area contributed by atoms with Gasteiger partial charge in [0.2, 0.25) is 5.91 Å². The third-order valence-corrected chi connectivity index (χ3v) is 5.34. The van der Waals surface area contributed by atoms with Crippen molar-refractivity contribution in [2.45, 2.75) is 39.2 Å². The van der Waals surface area contributed by atoms with E-state index in [-0.39, 0.29) is 17.5 Å². The average molecular weight is 425 g/mol. The number of nitrogens with zero attached hydrogens (tertiary/aromatic N) is 2. The highest BCUT2D eigenvalue weighted by atomic mass is 16.6. The van der Waals surface area contributed by atoms with E-state index in [0.717, 1.165) is 17.7 Å². The Balaban J connectivity index is 1.51. The van der Waals surface area contributed by atoms with Crippen molar-refractivity contribution in [2.75, 3.05) is 19.7 Å². The molecule has 1 unspecified atom stereocenters. The van der Waals surface area contributed by atoms with Crippen LogP contribution in [-0.2, 0) is 4.79 Å². The number of likely N-dealkylation sites (tertiary alicyclic amines) is 1. The van der Waals surface area contributed by atoms with E-state index in [0.29, 0.717) is 43.7 Å². The number of hydrogen-bond donors (Lipinski definition) is 1. The first-order valence-electron chi connectivity index (χ1n) is 10.4. The summed E-state index contributed by atoms with van der Waals surface area (Å²) < 4.78 is 5.69. The summed E-state index contributed by atoms with van der Waals surface area (Å²) in [6.45, 7) is 5.03. The number of rotatable bonds is 8. The van der Waals surface area contributed by atoms with Crippen molar-refractivity contribution >= 4 is 17.5 Å². The number of hydrogen-bond acceptors (Lipinski definition) is 5. The number of benzene rings is 2. The van der Waals surface area contributed by atoms with Crippen LogP contribution in [0.1, 0.15) is 40.7 Å². The molecule has 164 valence electrons. The number of nitrogens with one attached hydrogen (secondary N) is 1. The molecule has 2 aromatic rings. The number of amides is 2. The molecule has 8 nitrogen and oxygen atoms in total. The van der Waals surface area contributed by atoms with Gasteiger partial charge in [0, 0.05) is 30.3 Å². The molecule has 2 amide bonds. The maximum Gasteiger partial charge on any atom is 0.272 e. The van der Waals surface area contributed by atoms with Crippen LogP contribution in [0.25, 0.3) is 0 Å². The Morgan fingerprint density at radius 3 is 2.74 bits per heavy atom. The molecule has 0 aliphatic carbocycles. The monoisotopic (exact) mass is 425 g/mol. The fourth-order valence-corrected chi connectivity index (χ4v) is 3.74. The van der Waals surface area contributed by atoms with E-state index in [9.17, 15) is 19.7 Å². The Morgan fingerprint density at radius 1 is 1.23 bits per heavy atom. The lowest BCUT2D eigenvalue weighted by atomic mass is 10.1. The van der Waals surface area contributed by atoms with Crippen LogP contribution in [0, 0.1) is 24.0 Å². The van der Waals surface area contributed by atoms with Crippen LogP contribution in [0.5, 0.6) is 5.75 Å². The first-order chi connectivity index (χ1) is 14.9. The van der Waals surface area contributed by atoms with E-state index in [1.165, 1.54) is 18.2 Å². The van der Waals surface area contributed by atoms with Gasteiger partial charge in [-0.15, -0.1) is 0 Å². The SMILES string of the molecule is Cc1cccc(OCCCNC(=O)C2CCCN2C(=O)c2ccc([N+](=O)[O-])c(C)c2)c1. The minimum atomic E-state index is -0.527. The number of aryl methyl sites for hydroxylation is 2. The van der Waals surface area contributed by atoms with Gasteiger partial charge in [-0.1, -0.05) is 12.1 Å². The van der Waals surface area contributed by atoms with Crippen molar-refractivity contribution in [3.8, 4) is 5.75 Å². The van der Waals surface area contributed by atoms with Crippen molar-refractivity contribution < 1.29 is 19.2 Å². The Hall–Kier alpha value is -3.42. The normalized spacial score (nSPS) is 15.5. The summed E-state index contributed by atoms with van der Waals surface area (Å²) in [5.74, 6) is 0.343. The zero-order valence-corrected chi connectivity index (χ0v) is 17.8. The van der Waals surface area contributed by atoms with Crippen LogP contribution in [0.15, 0.2) is 42.5 Å². The fourth-order valence-electron chi connectivity index (χ4n) is 3.74. The molecule has 1 N–H and O–H groups in total. The van der Waals surface area contributed by atoms with Crippen molar-refractivity contribution in [3.63, 3.8) is 0 Å². The Kier molecular flexibility index (Phi) is 7.23. The topological polar surface area (TPSA) is 102 Å². The molecular formula is C23H27N3O5. The van der Waals surface area contributed by atoms with Crippen LogP contribution in [0.2, 0.25) is 0 Å². The highest BCUT2D eigenvalue weighted by Gasteiger charge is 2.34. The summed E-state index contributed by atoms with van der Waals surface area (Å²) in [6, 6.07) is 11.6. The summed E-state index contributed by atoms with van der Waals surface area (Å²) in [7, 11) is 0. The summed E-state index contributed by atoms with van der Waals surface area (Å²) in [4.78, 5) is 37.6. The zero-order chi connectivity index (χ0) is 22.4. The maximum atomic E-state index is 12.9. The number of nitro benzene ring substituents is 1. The quantitative estimate of drug-likeness (QED) is 0.397. The lowest BCUT2D eigenvalue weighted by Gasteiger charge is -2.24. The molecular weight excluding hydrogens is 398 g/mol. The first kappa shape index (κ1) is 22.3. The molecule has 0 bridgehead atoms. The van der Waals surface area contributed by atoms with Crippen LogP contribution < -0.4 is 10.1 Å². The van der Waals surface area contributed by atoms with Crippen molar-refractivity contribution in [2.24, 2.45) is 0 Å². The second-order valence-corrected chi connectivity index (χ2v) is 7.72. The second-order valence-electron chi connectivity index (χ2n) is 7.72. The smallest absolute Gasteiger partial charge is 0.272 e. The van der Waals surface area contributed by atoms with Gasteiger partial charge >= 0.3 is 0 Å². The number of carbonyl (C=O) groups is 2. The molecule has 0 radical (unpaired) electrons. The molecule has 0 aromatic heterocycles. The Labute approximate surface area is 181 Å². The molecule has 3 rings (SSSR count). The minimum absolute atomic E-state index is 0.0276. The molecule has 1 aliphatic heterocycles. The largest absolute Gasteiger partial charge is 0.494 e. The molecule has 1 aliphatic rings. The van der Waals surface area contributed by atoms with Gasteiger partial charge in [0.25, 0.3) is 11.6 Å². The lowest BCUT2D eigenvalue weighted by Crippen LogP contribution is -2.46. The van der Waals surface area contributed by atoms with Crippen LogP contribution in [-0.4, -0.2) is 47.4 Å². The average Bonchev–Trinajstić information content (AvgIpc) is 3.22. The van der Waals surface area contributed by atoms with Gasteiger partial charge in [0.05, 0.1) is 11.5 Å². The Bertz CT molecular complexity index is 975. The molecule has 1 fully saturated rings. The van der Waals surface area contributed by atoms with Crippen molar-refractivity contribution in [1.82, 2.24) is 10.2 Å². The molecule has 2 aromatic carbocycles. The van der Waals surface area contributed by atoms with Crippen LogP contribution in [0.3, 0.4) is 0 Å². The molecule has 31 heavy (non-hydrogen) atoms. The maximum absolute atomic E-state index is 12.9. The van der Waals surface area contributed by atoms with E-state index < -0.39 is 11.0 Å². The first-order valence-corrected chi connectivity index (χ1v) is 10.4. The number of carbonyl (C=O) groups excluding carboxylic acids is 2. The minimum Gasteiger partial charge on any atom is -0.494 e. The fraction of sp³-hybridized carbons (Fsp3) is 0.391. The van der Waals surface area contributed by atoms with E-state index in [4.69, 9.17) is 4.74 Å². The van der Waals surface area contributed by atoms with Gasteiger partial charge in [-0.3, -0.25) is 19.7 Å². The third kappa shape index (κ3) is 5.59.